The van der Waals surface area contributed by atoms with Gasteiger partial charge >= 0.3 is 0 Å². The van der Waals surface area contributed by atoms with Gasteiger partial charge in [-0.05, 0) is 11.5 Å². The van der Waals surface area contributed by atoms with Crippen LogP contribution in [0.2, 0.25) is 5.04 Å². The maximum absolute atomic E-state index is 5.63. The Bertz CT molecular complexity index is 375. The van der Waals surface area contributed by atoms with Crippen LogP contribution in [0.5, 0.6) is 0 Å². The molecule has 0 radical (unpaired) electrons. The summed E-state index contributed by atoms with van der Waals surface area (Å²) < 4.78 is 0. The van der Waals surface area contributed by atoms with Crippen molar-refractivity contribution in [3.8, 4) is 0 Å². The summed E-state index contributed by atoms with van der Waals surface area (Å²) in [7, 11) is 6.17. The van der Waals surface area contributed by atoms with Crippen molar-refractivity contribution in [3.63, 3.8) is 0 Å². The molecule has 0 saturated heterocycles. The fourth-order valence-corrected chi connectivity index (χ4v) is 5.15. The van der Waals surface area contributed by atoms with Crippen molar-refractivity contribution >= 4 is 10.2 Å². The fraction of sp³-hybridized carbons (Fsp3) is 1.00. The Hall–Kier alpha value is 0.0569. The van der Waals surface area contributed by atoms with Gasteiger partial charge in [0.2, 0.25) is 0 Å². The largest absolute Gasteiger partial charge is 0.188 e. The molecule has 0 aliphatic heterocycles. The van der Waals surface area contributed by atoms with E-state index in [-0.39, 0.29) is 11.0 Å². The first kappa shape index (κ1) is 31.1. The monoisotopic (exact) mass is 460 g/mol. The maximum atomic E-state index is 5.63. The molecule has 188 valence electrons. The molecule has 0 amide bonds. The molecule has 0 aromatic heterocycles. The average Bonchev–Trinajstić information content (AvgIpc) is 2.73. The van der Waals surface area contributed by atoms with Crippen molar-refractivity contribution in [2.75, 3.05) is 21.3 Å². The third-order valence-electron chi connectivity index (χ3n) is 6.45. The molecular formula is C26H58NO3Si+. The van der Waals surface area contributed by atoms with Crippen molar-refractivity contribution in [2.24, 2.45) is 0 Å². The number of rotatable bonds is 23. The van der Waals surface area contributed by atoms with E-state index < -0.39 is 0 Å². The Labute approximate surface area is 198 Å². The molecule has 0 aliphatic carbocycles. The number of nitrogens with zero attached hydrogens (tertiary/aromatic N) is 1. The number of quaternary nitrogens is 1. The Morgan fingerprint density at radius 3 is 1.23 bits per heavy atom. The lowest BCUT2D eigenvalue weighted by atomic mass is 9.97. The van der Waals surface area contributed by atoms with Crippen LogP contribution in [0.1, 0.15) is 136 Å². The number of hydrogen-bond donors (Lipinski definition) is 0. The molecular weight excluding hydrogens is 402 g/mol. The summed E-state index contributed by atoms with van der Waals surface area (Å²) in [5.41, 5.74) is 0. The summed E-state index contributed by atoms with van der Waals surface area (Å²) in [6, 6.07) is 0.221. The van der Waals surface area contributed by atoms with Gasteiger partial charge in [-0.2, -0.15) is 0 Å². The average molecular weight is 461 g/mol. The summed E-state index contributed by atoms with van der Waals surface area (Å²) in [6.07, 6.45) is 24.6. The summed E-state index contributed by atoms with van der Waals surface area (Å²) in [4.78, 5) is 16.7. The van der Waals surface area contributed by atoms with Crippen molar-refractivity contribution in [3.05, 3.63) is 0 Å². The molecule has 0 aliphatic rings. The number of hydrogen-bond acceptors (Lipinski definition) is 3. The van der Waals surface area contributed by atoms with Crippen LogP contribution >= 0.6 is 0 Å². The third-order valence-corrected chi connectivity index (χ3v) is 6.86. The van der Waals surface area contributed by atoms with Crippen molar-refractivity contribution in [1.82, 2.24) is 0 Å². The molecule has 0 aromatic rings. The van der Waals surface area contributed by atoms with Crippen LogP contribution in [-0.4, -0.2) is 42.6 Å². The van der Waals surface area contributed by atoms with Gasteiger partial charge in [0.1, 0.15) is 21.3 Å². The molecule has 0 bridgehead atoms. The SMILES string of the molecule is CCCCCCCCCCCCCCCCCCC(CC(C)(C)[SiH3])[N+](OC)(OC)OC. The minimum atomic E-state index is -0.148. The standard InChI is InChI=1S/C26H58NO3Si/c1-7-8-9-10-11-12-13-14-15-16-17-18-19-20-21-22-23-25(24-26(2,3)31)27(28-4,29-5)30-6/h25H,7-24H2,1-6,31H3/q+1. The van der Waals surface area contributed by atoms with Gasteiger partial charge in [0.15, 0.2) is 6.04 Å². The normalized spacial score (nSPS) is 13.7. The van der Waals surface area contributed by atoms with Crippen LogP contribution in [0.3, 0.4) is 0 Å². The highest BCUT2D eigenvalue weighted by atomic mass is 28.1. The van der Waals surface area contributed by atoms with Gasteiger partial charge in [-0.1, -0.05) is 117 Å². The van der Waals surface area contributed by atoms with E-state index in [1.807, 2.05) is 0 Å². The summed E-state index contributed by atoms with van der Waals surface area (Å²) in [6.45, 7) is 6.95. The first-order valence-electron chi connectivity index (χ1n) is 13.4. The van der Waals surface area contributed by atoms with Gasteiger partial charge in [-0.25, -0.2) is 0 Å². The molecule has 1 unspecified atom stereocenters. The molecule has 31 heavy (non-hydrogen) atoms. The third kappa shape index (κ3) is 16.3. The quantitative estimate of drug-likeness (QED) is 0.0685. The molecule has 0 aromatic carbocycles. The molecule has 5 heteroatoms. The zero-order chi connectivity index (χ0) is 23.4. The lowest BCUT2D eigenvalue weighted by molar-refractivity contribution is -1.37. The van der Waals surface area contributed by atoms with Crippen LogP contribution in [-0.2, 0) is 14.5 Å². The van der Waals surface area contributed by atoms with Gasteiger partial charge in [0, 0.05) is 23.1 Å². The lowest BCUT2D eigenvalue weighted by Crippen LogP contribution is -2.53. The topological polar surface area (TPSA) is 27.7 Å². The molecule has 0 heterocycles. The molecule has 0 N–H and O–H groups in total. The predicted octanol–water partition coefficient (Wildman–Crippen LogP) is 7.46. The Morgan fingerprint density at radius 1 is 0.613 bits per heavy atom. The summed E-state index contributed by atoms with van der Waals surface area (Å²) >= 11 is 0. The van der Waals surface area contributed by atoms with E-state index in [0.29, 0.717) is 5.04 Å². The maximum Gasteiger partial charge on any atom is 0.188 e. The zero-order valence-corrected chi connectivity index (χ0v) is 24.5. The smallest absolute Gasteiger partial charge is 0.135 e. The van der Waals surface area contributed by atoms with Crippen LogP contribution in [0.15, 0.2) is 0 Å². The lowest BCUT2D eigenvalue weighted by Gasteiger charge is -2.35. The van der Waals surface area contributed by atoms with Crippen LogP contribution < -0.4 is 0 Å². The first-order chi connectivity index (χ1) is 14.8. The van der Waals surface area contributed by atoms with Gasteiger partial charge in [-0.15, -0.1) is 14.5 Å². The van der Waals surface area contributed by atoms with E-state index in [1.165, 1.54) is 103 Å². The zero-order valence-electron chi connectivity index (χ0n) is 22.5. The Morgan fingerprint density at radius 2 is 0.935 bits per heavy atom. The van der Waals surface area contributed by atoms with E-state index >= 15 is 0 Å². The second-order valence-corrected chi connectivity index (χ2v) is 13.3. The van der Waals surface area contributed by atoms with E-state index in [0.717, 1.165) is 23.1 Å². The highest BCUT2D eigenvalue weighted by Crippen LogP contribution is 2.34. The second-order valence-electron chi connectivity index (χ2n) is 10.6. The van der Waals surface area contributed by atoms with Crippen LogP contribution in [0, 0.1) is 0 Å². The molecule has 0 rings (SSSR count). The van der Waals surface area contributed by atoms with E-state index in [2.05, 4.69) is 20.8 Å². The molecule has 4 nitrogen and oxygen atoms in total. The van der Waals surface area contributed by atoms with E-state index in [4.69, 9.17) is 14.5 Å². The number of unbranched alkanes of at least 4 members (excludes halogenated alkanes) is 15. The highest BCUT2D eigenvalue weighted by molar-refractivity contribution is 6.14. The van der Waals surface area contributed by atoms with Crippen LogP contribution in [0.25, 0.3) is 0 Å². The first-order valence-corrected chi connectivity index (χ1v) is 14.4. The highest BCUT2D eigenvalue weighted by Gasteiger charge is 2.43. The predicted molar refractivity (Wildman–Crippen MR) is 138 cm³/mol. The van der Waals surface area contributed by atoms with Gasteiger partial charge in [0.05, 0.1) is 4.97 Å². The molecule has 0 saturated carbocycles. The van der Waals surface area contributed by atoms with Gasteiger partial charge < -0.3 is 0 Å². The summed E-state index contributed by atoms with van der Waals surface area (Å²) in [5, 5.41) is 0.346. The second kappa shape index (κ2) is 19.5. The minimum absolute atomic E-state index is 0.148. The minimum Gasteiger partial charge on any atom is -0.135 e. The Kier molecular flexibility index (Phi) is 19.6. The molecule has 0 fully saturated rings. The van der Waals surface area contributed by atoms with Gasteiger partial charge in [0.25, 0.3) is 0 Å². The molecule has 0 spiro atoms. The van der Waals surface area contributed by atoms with Crippen molar-refractivity contribution in [2.45, 2.75) is 147 Å². The van der Waals surface area contributed by atoms with Crippen molar-refractivity contribution in [1.29, 1.82) is 0 Å². The van der Waals surface area contributed by atoms with Crippen LogP contribution in [0.4, 0.5) is 0 Å². The summed E-state index contributed by atoms with van der Waals surface area (Å²) in [5.74, 6) is 0. The van der Waals surface area contributed by atoms with E-state index in [1.54, 1.807) is 21.3 Å². The Balaban J connectivity index is 3.78. The molecule has 1 atom stereocenters. The van der Waals surface area contributed by atoms with Gasteiger partial charge in [-0.3, -0.25) is 0 Å². The number of hydroxylamine groups is 3. The fourth-order valence-electron chi connectivity index (χ4n) is 4.68. The van der Waals surface area contributed by atoms with E-state index in [9.17, 15) is 0 Å². The van der Waals surface area contributed by atoms with Crippen molar-refractivity contribution < 1.29 is 19.5 Å².